The Morgan fingerprint density at radius 3 is 1.60 bits per heavy atom. The van der Waals surface area contributed by atoms with Gasteiger partial charge >= 0.3 is 11.3 Å². The number of benzene rings is 2. The van der Waals surface area contributed by atoms with Crippen LogP contribution in [0.5, 0.6) is 0 Å². The van der Waals surface area contributed by atoms with Crippen LogP contribution in [0.25, 0.3) is 21.8 Å². The maximum atomic E-state index is 12.5. The van der Waals surface area contributed by atoms with E-state index in [0.29, 0.717) is 43.6 Å². The molecule has 2 aromatic heterocycles. The number of fused-ring (bicyclic) bond motifs is 2. The number of halogens is 2. The molecule has 2 atom stereocenters. The van der Waals surface area contributed by atoms with Gasteiger partial charge in [-0.05, 0) is 49.2 Å². The topological polar surface area (TPSA) is 86.2 Å². The fourth-order valence-electron chi connectivity index (χ4n) is 4.16. The second-order valence-electron chi connectivity index (χ2n) is 7.50. The summed E-state index contributed by atoms with van der Waals surface area (Å²) in [6.07, 6.45) is 3.42. The average molecular weight is 443 g/mol. The fraction of sp³-hybridized carbons (Fsp3) is 0.273. The highest BCUT2D eigenvalue weighted by Gasteiger charge is 2.34. The minimum atomic E-state index is -0.482. The van der Waals surface area contributed by atoms with Crippen molar-refractivity contribution in [1.29, 1.82) is 0 Å². The Bertz CT molecular complexity index is 1290. The van der Waals surface area contributed by atoms with Gasteiger partial charge in [-0.15, -0.1) is 0 Å². The van der Waals surface area contributed by atoms with Gasteiger partial charge in [0.2, 0.25) is 11.8 Å². The van der Waals surface area contributed by atoms with E-state index < -0.39 is 11.3 Å². The Kier molecular flexibility index (Phi) is 4.83. The van der Waals surface area contributed by atoms with Crippen LogP contribution >= 0.6 is 23.2 Å². The highest BCUT2D eigenvalue weighted by molar-refractivity contribution is 6.31. The van der Waals surface area contributed by atoms with E-state index in [0.717, 1.165) is 25.7 Å². The molecule has 0 bridgehead atoms. The molecule has 0 N–H and O–H groups in total. The van der Waals surface area contributed by atoms with Crippen molar-refractivity contribution in [3.8, 4) is 0 Å². The molecule has 0 amide bonds. The Hall–Kier alpha value is -2.70. The van der Waals surface area contributed by atoms with Crippen LogP contribution in [0.3, 0.4) is 0 Å². The third-order valence-electron chi connectivity index (χ3n) is 5.61. The van der Waals surface area contributed by atoms with Crippen LogP contribution < -0.4 is 11.3 Å². The van der Waals surface area contributed by atoms with Crippen LogP contribution in [-0.2, 0) is 0 Å². The van der Waals surface area contributed by atoms with E-state index in [2.05, 4.69) is 9.97 Å². The molecule has 30 heavy (non-hydrogen) atoms. The van der Waals surface area contributed by atoms with E-state index in [1.54, 1.807) is 36.4 Å². The second-order valence-corrected chi connectivity index (χ2v) is 8.37. The van der Waals surface area contributed by atoms with Gasteiger partial charge in [0.25, 0.3) is 0 Å². The predicted molar refractivity (Wildman–Crippen MR) is 115 cm³/mol. The minimum absolute atomic E-state index is 0.216. The lowest BCUT2D eigenvalue weighted by Gasteiger charge is -2.28. The molecule has 0 spiro atoms. The van der Waals surface area contributed by atoms with Gasteiger partial charge in [-0.25, -0.2) is 19.6 Å². The summed E-state index contributed by atoms with van der Waals surface area (Å²) >= 11 is 12.0. The zero-order chi connectivity index (χ0) is 20.8. The molecule has 1 aliphatic rings. The molecule has 2 unspecified atom stereocenters. The standard InChI is InChI=1S/C22H16Cl2N2O4/c23-11-5-7-17-15(9-11)21(27)29-19(25-17)13-3-1-2-4-14(13)20-26-18-8-6-12(24)10-16(18)22(28)30-20/h5-10,13-14H,1-4H2. The van der Waals surface area contributed by atoms with Gasteiger partial charge in [0, 0.05) is 21.9 Å². The second kappa shape index (κ2) is 7.52. The summed E-state index contributed by atoms with van der Waals surface area (Å²) in [5, 5.41) is 1.57. The monoisotopic (exact) mass is 442 g/mol. The summed E-state index contributed by atoms with van der Waals surface area (Å²) in [7, 11) is 0. The predicted octanol–water partition coefficient (Wildman–Crippen LogP) is 5.44. The average Bonchev–Trinajstić information content (AvgIpc) is 2.74. The van der Waals surface area contributed by atoms with Crippen LogP contribution in [-0.4, -0.2) is 9.97 Å². The Morgan fingerprint density at radius 2 is 1.17 bits per heavy atom. The molecule has 1 saturated carbocycles. The van der Waals surface area contributed by atoms with Crippen LogP contribution in [0.2, 0.25) is 10.0 Å². The quantitative estimate of drug-likeness (QED) is 0.410. The first-order valence-corrected chi connectivity index (χ1v) is 10.5. The van der Waals surface area contributed by atoms with Gasteiger partial charge in [0.1, 0.15) is 0 Å². The van der Waals surface area contributed by atoms with E-state index in [-0.39, 0.29) is 11.8 Å². The first kappa shape index (κ1) is 19.3. The molecular formula is C22H16Cl2N2O4. The summed E-state index contributed by atoms with van der Waals surface area (Å²) in [4.78, 5) is 34.2. The fourth-order valence-corrected chi connectivity index (χ4v) is 4.50. The lowest BCUT2D eigenvalue weighted by atomic mass is 9.79. The molecule has 8 heteroatoms. The van der Waals surface area contributed by atoms with E-state index >= 15 is 0 Å². The van der Waals surface area contributed by atoms with Crippen molar-refractivity contribution in [1.82, 2.24) is 9.97 Å². The molecule has 2 aromatic carbocycles. The minimum Gasteiger partial charge on any atom is -0.408 e. The van der Waals surface area contributed by atoms with Crippen molar-refractivity contribution in [2.45, 2.75) is 37.5 Å². The van der Waals surface area contributed by atoms with Crippen molar-refractivity contribution in [3.63, 3.8) is 0 Å². The molecule has 1 aliphatic carbocycles. The Balaban J connectivity index is 1.62. The molecule has 1 fully saturated rings. The van der Waals surface area contributed by atoms with Crippen LogP contribution in [0.1, 0.15) is 49.3 Å². The van der Waals surface area contributed by atoms with E-state index in [9.17, 15) is 9.59 Å². The van der Waals surface area contributed by atoms with Crippen LogP contribution in [0.15, 0.2) is 54.8 Å². The zero-order valence-electron chi connectivity index (χ0n) is 15.7. The zero-order valence-corrected chi connectivity index (χ0v) is 17.2. The molecule has 0 aliphatic heterocycles. The highest BCUT2D eigenvalue weighted by atomic mass is 35.5. The highest BCUT2D eigenvalue weighted by Crippen LogP contribution is 2.42. The molecule has 0 saturated heterocycles. The Morgan fingerprint density at radius 1 is 0.733 bits per heavy atom. The third-order valence-corrected chi connectivity index (χ3v) is 6.08. The number of aromatic nitrogens is 2. The summed E-state index contributed by atoms with van der Waals surface area (Å²) in [6, 6.07) is 9.88. The van der Waals surface area contributed by atoms with Gasteiger partial charge in [0.15, 0.2) is 0 Å². The van der Waals surface area contributed by atoms with Crippen LogP contribution in [0, 0.1) is 0 Å². The Labute approximate surface area is 180 Å². The van der Waals surface area contributed by atoms with Crippen molar-refractivity contribution in [3.05, 3.63) is 79.1 Å². The van der Waals surface area contributed by atoms with Crippen LogP contribution in [0.4, 0.5) is 0 Å². The summed E-state index contributed by atoms with van der Waals surface area (Å²) < 4.78 is 11.2. The van der Waals surface area contributed by atoms with Gasteiger partial charge in [0.05, 0.1) is 21.8 Å². The van der Waals surface area contributed by atoms with E-state index in [1.165, 1.54) is 0 Å². The lowest BCUT2D eigenvalue weighted by molar-refractivity contribution is 0.268. The number of hydrogen-bond acceptors (Lipinski definition) is 6. The van der Waals surface area contributed by atoms with Gasteiger partial charge < -0.3 is 8.83 Å². The smallest absolute Gasteiger partial charge is 0.346 e. The first-order chi connectivity index (χ1) is 14.5. The normalized spacial score (nSPS) is 19.4. The molecule has 4 aromatic rings. The molecule has 152 valence electrons. The van der Waals surface area contributed by atoms with Gasteiger partial charge in [-0.1, -0.05) is 36.0 Å². The molecule has 6 nitrogen and oxygen atoms in total. The number of rotatable bonds is 2. The lowest BCUT2D eigenvalue weighted by Crippen LogP contribution is -2.21. The van der Waals surface area contributed by atoms with Gasteiger partial charge in [-0.2, -0.15) is 0 Å². The molecule has 5 rings (SSSR count). The van der Waals surface area contributed by atoms with Crippen molar-refractivity contribution >= 4 is 45.0 Å². The third kappa shape index (κ3) is 3.40. The van der Waals surface area contributed by atoms with E-state index in [4.69, 9.17) is 32.0 Å². The maximum Gasteiger partial charge on any atom is 0.346 e. The summed E-state index contributed by atoms with van der Waals surface area (Å²) in [5.41, 5.74) is 0.0869. The number of hydrogen-bond donors (Lipinski definition) is 0. The first-order valence-electron chi connectivity index (χ1n) is 9.70. The molecule has 0 radical (unpaired) electrons. The van der Waals surface area contributed by atoms with Gasteiger partial charge in [-0.3, -0.25) is 0 Å². The van der Waals surface area contributed by atoms with Crippen molar-refractivity contribution in [2.24, 2.45) is 0 Å². The number of nitrogens with zero attached hydrogens (tertiary/aromatic N) is 2. The summed E-state index contributed by atoms with van der Waals surface area (Å²) in [6.45, 7) is 0. The molecular weight excluding hydrogens is 427 g/mol. The van der Waals surface area contributed by atoms with E-state index in [1.807, 2.05) is 0 Å². The SMILES string of the molecule is O=c1oc(C2CCCCC2c2nc3ccc(Cl)cc3c(=O)o2)nc2ccc(Cl)cc12. The van der Waals surface area contributed by atoms with Crippen molar-refractivity contribution < 1.29 is 8.83 Å². The molecule has 2 heterocycles. The maximum absolute atomic E-state index is 12.5. The largest absolute Gasteiger partial charge is 0.408 e. The van der Waals surface area contributed by atoms with Crippen molar-refractivity contribution in [2.75, 3.05) is 0 Å². The summed E-state index contributed by atoms with van der Waals surface area (Å²) in [5.74, 6) is 0.235.